The van der Waals surface area contributed by atoms with Gasteiger partial charge in [0.25, 0.3) is 0 Å². The van der Waals surface area contributed by atoms with E-state index in [2.05, 4.69) is 17.6 Å². The zero-order valence-corrected chi connectivity index (χ0v) is 7.97. The molecule has 1 aliphatic heterocycles. The van der Waals surface area contributed by atoms with Crippen molar-refractivity contribution < 1.29 is 0 Å². The van der Waals surface area contributed by atoms with Gasteiger partial charge in [-0.2, -0.15) is 0 Å². The van der Waals surface area contributed by atoms with E-state index in [1.165, 1.54) is 38.9 Å². The summed E-state index contributed by atoms with van der Waals surface area (Å²) in [6.45, 7) is 6.09. The standard InChI is InChI=1S/C10H20N2/c1-8(9-6-11-7-9)5-12-10-3-2-4-10/h8-12H,2-7H2,1H3. The Morgan fingerprint density at radius 1 is 1.42 bits per heavy atom. The van der Waals surface area contributed by atoms with E-state index in [1.807, 2.05) is 0 Å². The Balaban J connectivity index is 1.58. The summed E-state index contributed by atoms with van der Waals surface area (Å²) in [5.41, 5.74) is 0. The zero-order chi connectivity index (χ0) is 8.39. The molecule has 2 rings (SSSR count). The molecule has 2 heteroatoms. The van der Waals surface area contributed by atoms with Crippen LogP contribution in [0.3, 0.4) is 0 Å². The van der Waals surface area contributed by atoms with E-state index in [9.17, 15) is 0 Å². The molecule has 0 spiro atoms. The van der Waals surface area contributed by atoms with Gasteiger partial charge in [-0.1, -0.05) is 13.3 Å². The van der Waals surface area contributed by atoms with Gasteiger partial charge in [0.1, 0.15) is 0 Å². The quantitative estimate of drug-likeness (QED) is 0.654. The Hall–Kier alpha value is -0.0800. The molecule has 1 saturated heterocycles. The lowest BCUT2D eigenvalue weighted by Crippen LogP contribution is -2.49. The van der Waals surface area contributed by atoms with E-state index in [1.54, 1.807) is 0 Å². The second-order valence-electron chi connectivity index (χ2n) is 4.43. The highest BCUT2D eigenvalue weighted by atomic mass is 15.0. The lowest BCUT2D eigenvalue weighted by Gasteiger charge is -2.35. The lowest BCUT2D eigenvalue weighted by atomic mass is 9.87. The SMILES string of the molecule is CC(CNC1CCC1)C1CNC1. The van der Waals surface area contributed by atoms with Crippen LogP contribution in [0.15, 0.2) is 0 Å². The summed E-state index contributed by atoms with van der Waals surface area (Å²) in [4.78, 5) is 0. The molecule has 2 N–H and O–H groups in total. The van der Waals surface area contributed by atoms with Crippen LogP contribution >= 0.6 is 0 Å². The molecule has 1 saturated carbocycles. The Kier molecular flexibility index (Phi) is 2.66. The number of hydrogen-bond acceptors (Lipinski definition) is 2. The Morgan fingerprint density at radius 2 is 2.17 bits per heavy atom. The van der Waals surface area contributed by atoms with Crippen LogP contribution in [-0.2, 0) is 0 Å². The first kappa shape index (κ1) is 8.52. The third-order valence-electron chi connectivity index (χ3n) is 3.45. The second kappa shape index (κ2) is 3.75. The molecule has 1 atom stereocenters. The summed E-state index contributed by atoms with van der Waals surface area (Å²) in [7, 11) is 0. The predicted molar refractivity (Wildman–Crippen MR) is 51.2 cm³/mol. The van der Waals surface area contributed by atoms with Crippen molar-refractivity contribution in [2.45, 2.75) is 32.2 Å². The van der Waals surface area contributed by atoms with Crippen LogP contribution in [0.5, 0.6) is 0 Å². The fourth-order valence-corrected chi connectivity index (χ4v) is 1.84. The van der Waals surface area contributed by atoms with Crippen LogP contribution in [0.25, 0.3) is 0 Å². The van der Waals surface area contributed by atoms with Crippen LogP contribution in [0.2, 0.25) is 0 Å². The van der Waals surface area contributed by atoms with Crippen molar-refractivity contribution in [2.75, 3.05) is 19.6 Å². The van der Waals surface area contributed by atoms with Crippen molar-refractivity contribution in [3.05, 3.63) is 0 Å². The average molecular weight is 168 g/mol. The molecule has 1 heterocycles. The summed E-state index contributed by atoms with van der Waals surface area (Å²) >= 11 is 0. The first-order valence-corrected chi connectivity index (χ1v) is 5.30. The molecule has 2 nitrogen and oxygen atoms in total. The van der Waals surface area contributed by atoms with E-state index >= 15 is 0 Å². The van der Waals surface area contributed by atoms with E-state index in [0.29, 0.717) is 0 Å². The first-order chi connectivity index (χ1) is 5.86. The zero-order valence-electron chi connectivity index (χ0n) is 7.97. The molecule has 2 fully saturated rings. The Labute approximate surface area is 75.1 Å². The van der Waals surface area contributed by atoms with Crippen molar-refractivity contribution in [1.29, 1.82) is 0 Å². The van der Waals surface area contributed by atoms with Crippen LogP contribution in [-0.4, -0.2) is 25.7 Å². The molecule has 70 valence electrons. The third kappa shape index (κ3) is 1.80. The van der Waals surface area contributed by atoms with Gasteiger partial charge in [-0.3, -0.25) is 0 Å². The summed E-state index contributed by atoms with van der Waals surface area (Å²) in [6, 6.07) is 0.862. The maximum Gasteiger partial charge on any atom is 0.00671 e. The van der Waals surface area contributed by atoms with Gasteiger partial charge in [-0.25, -0.2) is 0 Å². The van der Waals surface area contributed by atoms with Crippen LogP contribution < -0.4 is 10.6 Å². The Morgan fingerprint density at radius 3 is 2.58 bits per heavy atom. The van der Waals surface area contributed by atoms with Crippen molar-refractivity contribution in [2.24, 2.45) is 11.8 Å². The number of rotatable bonds is 4. The highest BCUT2D eigenvalue weighted by Crippen LogP contribution is 2.20. The molecule has 2 aliphatic rings. The van der Waals surface area contributed by atoms with Crippen molar-refractivity contribution in [3.8, 4) is 0 Å². The Bertz CT molecular complexity index is 139. The molecule has 0 radical (unpaired) electrons. The largest absolute Gasteiger partial charge is 0.316 e. The molecular weight excluding hydrogens is 148 g/mol. The molecule has 1 unspecified atom stereocenters. The van der Waals surface area contributed by atoms with Gasteiger partial charge < -0.3 is 10.6 Å². The van der Waals surface area contributed by atoms with E-state index in [4.69, 9.17) is 0 Å². The second-order valence-corrected chi connectivity index (χ2v) is 4.43. The minimum Gasteiger partial charge on any atom is -0.316 e. The van der Waals surface area contributed by atoms with Crippen molar-refractivity contribution >= 4 is 0 Å². The van der Waals surface area contributed by atoms with Gasteiger partial charge in [0.15, 0.2) is 0 Å². The summed E-state index contributed by atoms with van der Waals surface area (Å²) in [5, 5.41) is 6.97. The van der Waals surface area contributed by atoms with Crippen LogP contribution in [0, 0.1) is 11.8 Å². The number of nitrogens with one attached hydrogen (secondary N) is 2. The minimum absolute atomic E-state index is 0.862. The smallest absolute Gasteiger partial charge is 0.00671 e. The van der Waals surface area contributed by atoms with E-state index < -0.39 is 0 Å². The van der Waals surface area contributed by atoms with Crippen LogP contribution in [0.4, 0.5) is 0 Å². The maximum absolute atomic E-state index is 3.64. The predicted octanol–water partition coefficient (Wildman–Crippen LogP) is 0.984. The monoisotopic (exact) mass is 168 g/mol. The van der Waals surface area contributed by atoms with Gasteiger partial charge in [-0.15, -0.1) is 0 Å². The van der Waals surface area contributed by atoms with E-state index in [0.717, 1.165) is 17.9 Å². The van der Waals surface area contributed by atoms with Gasteiger partial charge in [0, 0.05) is 6.04 Å². The van der Waals surface area contributed by atoms with Gasteiger partial charge in [0.05, 0.1) is 0 Å². The molecule has 0 aromatic carbocycles. The fourth-order valence-electron chi connectivity index (χ4n) is 1.84. The van der Waals surface area contributed by atoms with E-state index in [-0.39, 0.29) is 0 Å². The fraction of sp³-hybridized carbons (Fsp3) is 1.00. The normalized spacial score (nSPS) is 27.8. The average Bonchev–Trinajstić information content (AvgIpc) is 1.79. The molecule has 0 bridgehead atoms. The molecule has 12 heavy (non-hydrogen) atoms. The number of hydrogen-bond donors (Lipinski definition) is 2. The maximum atomic E-state index is 3.64. The highest BCUT2D eigenvalue weighted by Gasteiger charge is 2.24. The molecule has 0 aromatic heterocycles. The summed E-state index contributed by atoms with van der Waals surface area (Å²) in [6.07, 6.45) is 4.27. The van der Waals surface area contributed by atoms with Gasteiger partial charge in [-0.05, 0) is 44.3 Å². The first-order valence-electron chi connectivity index (χ1n) is 5.30. The summed E-state index contributed by atoms with van der Waals surface area (Å²) < 4.78 is 0. The van der Waals surface area contributed by atoms with Gasteiger partial charge >= 0.3 is 0 Å². The minimum atomic E-state index is 0.862. The summed E-state index contributed by atoms with van der Waals surface area (Å²) in [5.74, 6) is 1.81. The molecule has 0 aromatic rings. The molecule has 1 aliphatic carbocycles. The van der Waals surface area contributed by atoms with Crippen molar-refractivity contribution in [1.82, 2.24) is 10.6 Å². The lowest BCUT2D eigenvalue weighted by molar-refractivity contribution is 0.223. The van der Waals surface area contributed by atoms with Gasteiger partial charge in [0.2, 0.25) is 0 Å². The van der Waals surface area contributed by atoms with Crippen molar-refractivity contribution in [3.63, 3.8) is 0 Å². The molecular formula is C10H20N2. The van der Waals surface area contributed by atoms with Crippen LogP contribution in [0.1, 0.15) is 26.2 Å². The third-order valence-corrected chi connectivity index (χ3v) is 3.45. The topological polar surface area (TPSA) is 24.1 Å². The molecule has 0 amide bonds. The highest BCUT2D eigenvalue weighted by molar-refractivity contribution is 4.83.